The number of aromatic nitrogens is 3. The summed E-state index contributed by atoms with van der Waals surface area (Å²) >= 11 is 1.44. The molecule has 3 heterocycles. The standard InChI is InChI=1S/C28H25N5O4S2/c1-3-37-23-9-6-10-24-26(23)30-28(38-24)33-25(17-18(2)31-33)29-27(34)20-11-13-21(14-12-20)39(35,36)32-16-15-19-7-4-5-8-22(19)32/h4-14,17H,3,15-16H2,1-2H3,(H,29,34). The lowest BCUT2D eigenvalue weighted by molar-refractivity contribution is 0.102. The largest absolute Gasteiger partial charge is 0.492 e. The number of thiazole rings is 1. The van der Waals surface area contributed by atoms with Crippen molar-refractivity contribution in [1.29, 1.82) is 0 Å². The Kier molecular flexibility index (Phi) is 6.32. The van der Waals surface area contributed by atoms with Crippen molar-refractivity contribution in [3.8, 4) is 10.9 Å². The minimum Gasteiger partial charge on any atom is -0.492 e. The van der Waals surface area contributed by atoms with Crippen molar-refractivity contribution in [2.75, 3.05) is 22.8 Å². The van der Waals surface area contributed by atoms with Crippen LogP contribution in [0, 0.1) is 6.92 Å². The van der Waals surface area contributed by atoms with Crippen LogP contribution in [0.2, 0.25) is 0 Å². The molecule has 1 amide bonds. The highest BCUT2D eigenvalue weighted by atomic mass is 32.2. The van der Waals surface area contributed by atoms with Gasteiger partial charge in [-0.15, -0.1) is 0 Å². The van der Waals surface area contributed by atoms with Crippen molar-refractivity contribution in [2.45, 2.75) is 25.2 Å². The number of nitrogens with one attached hydrogen (secondary N) is 1. The highest BCUT2D eigenvalue weighted by Crippen LogP contribution is 2.34. The quantitative estimate of drug-likeness (QED) is 0.294. The molecule has 11 heteroatoms. The van der Waals surface area contributed by atoms with Crippen LogP contribution < -0.4 is 14.4 Å². The Morgan fingerprint density at radius 1 is 1.08 bits per heavy atom. The molecule has 1 N–H and O–H groups in total. The summed E-state index contributed by atoms with van der Waals surface area (Å²) in [5.74, 6) is 0.766. The van der Waals surface area contributed by atoms with Gasteiger partial charge in [0.15, 0.2) is 0 Å². The molecule has 6 rings (SSSR count). The fourth-order valence-electron chi connectivity index (χ4n) is 4.66. The number of amides is 1. The SMILES string of the molecule is CCOc1cccc2sc(-n3nc(C)cc3NC(=O)c3ccc(S(=O)(=O)N4CCc5ccccc54)cc3)nc12. The minimum absolute atomic E-state index is 0.135. The Bertz CT molecular complexity index is 1810. The molecule has 2 aromatic heterocycles. The zero-order valence-corrected chi connectivity index (χ0v) is 22.9. The van der Waals surface area contributed by atoms with Crippen LogP contribution in [0.4, 0.5) is 11.5 Å². The van der Waals surface area contributed by atoms with Gasteiger partial charge in [-0.25, -0.2) is 13.4 Å². The fourth-order valence-corrected chi connectivity index (χ4v) is 7.11. The smallest absolute Gasteiger partial charge is 0.264 e. The second-order valence-electron chi connectivity index (χ2n) is 9.05. The first kappa shape index (κ1) is 25.1. The maximum absolute atomic E-state index is 13.3. The maximum atomic E-state index is 13.3. The first-order valence-corrected chi connectivity index (χ1v) is 14.7. The molecule has 198 valence electrons. The van der Waals surface area contributed by atoms with Crippen molar-refractivity contribution in [3.63, 3.8) is 0 Å². The van der Waals surface area contributed by atoms with Gasteiger partial charge < -0.3 is 10.1 Å². The van der Waals surface area contributed by atoms with E-state index < -0.39 is 10.0 Å². The lowest BCUT2D eigenvalue weighted by Crippen LogP contribution is -2.29. The van der Waals surface area contributed by atoms with Gasteiger partial charge >= 0.3 is 0 Å². The van der Waals surface area contributed by atoms with Gasteiger partial charge in [0.1, 0.15) is 17.1 Å². The number of carbonyl (C=O) groups is 1. The average Bonchev–Trinajstić information content (AvgIpc) is 3.66. The summed E-state index contributed by atoms with van der Waals surface area (Å²) in [5.41, 5.74) is 3.48. The van der Waals surface area contributed by atoms with E-state index in [0.717, 1.165) is 15.8 Å². The Morgan fingerprint density at radius 2 is 1.87 bits per heavy atom. The third-order valence-corrected chi connectivity index (χ3v) is 9.30. The number of sulfonamides is 1. The normalized spacial score (nSPS) is 13.0. The third-order valence-electron chi connectivity index (χ3n) is 6.47. The number of hydrogen-bond donors (Lipinski definition) is 1. The Balaban J connectivity index is 1.24. The summed E-state index contributed by atoms with van der Waals surface area (Å²) < 4.78 is 36.3. The summed E-state index contributed by atoms with van der Waals surface area (Å²) in [5, 5.41) is 8.02. The first-order valence-electron chi connectivity index (χ1n) is 12.5. The van der Waals surface area contributed by atoms with Crippen molar-refractivity contribution < 1.29 is 17.9 Å². The molecule has 1 aliphatic rings. The van der Waals surface area contributed by atoms with Gasteiger partial charge in [0.25, 0.3) is 15.9 Å². The molecule has 0 radical (unpaired) electrons. The summed E-state index contributed by atoms with van der Waals surface area (Å²) in [6.45, 7) is 4.68. The van der Waals surface area contributed by atoms with Gasteiger partial charge in [-0.3, -0.25) is 9.10 Å². The zero-order chi connectivity index (χ0) is 27.1. The van der Waals surface area contributed by atoms with Crippen LogP contribution in [0.5, 0.6) is 5.75 Å². The van der Waals surface area contributed by atoms with Crippen LogP contribution in [0.3, 0.4) is 0 Å². The number of para-hydroxylation sites is 2. The third kappa shape index (κ3) is 4.53. The second-order valence-corrected chi connectivity index (χ2v) is 11.9. The van der Waals surface area contributed by atoms with Crippen molar-refractivity contribution in [1.82, 2.24) is 14.8 Å². The summed E-state index contributed by atoms with van der Waals surface area (Å²) in [6, 6.07) is 21.0. The number of fused-ring (bicyclic) bond motifs is 2. The molecule has 0 aliphatic carbocycles. The lowest BCUT2D eigenvalue weighted by Gasteiger charge is -2.19. The van der Waals surface area contributed by atoms with E-state index in [1.165, 1.54) is 39.9 Å². The molecule has 5 aromatic rings. The van der Waals surface area contributed by atoms with Gasteiger partial charge in [0, 0.05) is 18.2 Å². The molecule has 3 aromatic carbocycles. The molecule has 39 heavy (non-hydrogen) atoms. The molecular weight excluding hydrogens is 534 g/mol. The van der Waals surface area contributed by atoms with E-state index in [4.69, 9.17) is 9.72 Å². The van der Waals surface area contributed by atoms with E-state index in [2.05, 4.69) is 10.4 Å². The van der Waals surface area contributed by atoms with Gasteiger partial charge in [-0.05, 0) is 68.3 Å². The van der Waals surface area contributed by atoms with Gasteiger partial charge in [-0.1, -0.05) is 35.6 Å². The van der Waals surface area contributed by atoms with E-state index in [0.29, 0.717) is 53.2 Å². The van der Waals surface area contributed by atoms with Crippen molar-refractivity contribution in [3.05, 3.63) is 89.6 Å². The number of rotatable bonds is 7. The van der Waals surface area contributed by atoms with E-state index >= 15 is 0 Å². The second kappa shape index (κ2) is 9.83. The minimum atomic E-state index is -3.74. The molecule has 0 unspecified atom stereocenters. The Labute approximate surface area is 229 Å². The van der Waals surface area contributed by atoms with Gasteiger partial charge in [0.2, 0.25) is 5.13 Å². The average molecular weight is 560 g/mol. The van der Waals surface area contributed by atoms with Gasteiger partial charge in [0.05, 0.1) is 27.6 Å². The van der Waals surface area contributed by atoms with E-state index in [9.17, 15) is 13.2 Å². The predicted octanol–water partition coefficient (Wildman–Crippen LogP) is 5.19. The lowest BCUT2D eigenvalue weighted by atomic mass is 10.2. The van der Waals surface area contributed by atoms with E-state index in [1.807, 2.05) is 56.3 Å². The number of carbonyl (C=O) groups excluding carboxylic acids is 1. The zero-order valence-electron chi connectivity index (χ0n) is 21.3. The molecule has 0 spiro atoms. The van der Waals surface area contributed by atoms with Crippen LogP contribution in [-0.4, -0.2) is 42.2 Å². The number of hydrogen-bond acceptors (Lipinski definition) is 7. The summed E-state index contributed by atoms with van der Waals surface area (Å²) in [7, 11) is -3.74. The summed E-state index contributed by atoms with van der Waals surface area (Å²) in [4.78, 5) is 18.0. The molecule has 1 aliphatic heterocycles. The predicted molar refractivity (Wildman–Crippen MR) is 152 cm³/mol. The molecule has 0 atom stereocenters. The van der Waals surface area contributed by atoms with Crippen molar-refractivity contribution in [2.24, 2.45) is 0 Å². The monoisotopic (exact) mass is 559 g/mol. The Morgan fingerprint density at radius 3 is 2.67 bits per heavy atom. The highest BCUT2D eigenvalue weighted by molar-refractivity contribution is 7.92. The van der Waals surface area contributed by atoms with Crippen LogP contribution in [0.25, 0.3) is 15.3 Å². The van der Waals surface area contributed by atoms with E-state index in [1.54, 1.807) is 10.7 Å². The fraction of sp³-hybridized carbons (Fsp3) is 0.179. The highest BCUT2D eigenvalue weighted by Gasteiger charge is 2.30. The number of aryl methyl sites for hydroxylation is 1. The van der Waals surface area contributed by atoms with Crippen LogP contribution >= 0.6 is 11.3 Å². The van der Waals surface area contributed by atoms with Crippen LogP contribution in [0.15, 0.2) is 77.7 Å². The van der Waals surface area contributed by atoms with Crippen LogP contribution in [0.1, 0.15) is 28.5 Å². The number of nitrogens with zero attached hydrogens (tertiary/aromatic N) is 4. The Hall–Kier alpha value is -4.22. The molecule has 0 saturated heterocycles. The van der Waals surface area contributed by atoms with Crippen LogP contribution in [-0.2, 0) is 16.4 Å². The number of benzene rings is 3. The number of anilines is 2. The molecule has 0 bridgehead atoms. The summed E-state index contributed by atoms with van der Waals surface area (Å²) in [6.07, 6.45) is 0.671. The van der Waals surface area contributed by atoms with Crippen molar-refractivity contribution >= 4 is 49.0 Å². The molecule has 9 nitrogen and oxygen atoms in total. The van der Waals surface area contributed by atoms with Gasteiger partial charge in [-0.2, -0.15) is 9.78 Å². The maximum Gasteiger partial charge on any atom is 0.264 e. The number of ether oxygens (including phenoxy) is 1. The topological polar surface area (TPSA) is 106 Å². The molecular formula is C28H25N5O4S2. The molecule has 0 saturated carbocycles. The van der Waals surface area contributed by atoms with E-state index in [-0.39, 0.29) is 10.8 Å². The molecule has 0 fully saturated rings. The first-order chi connectivity index (χ1) is 18.8.